The molecule has 3 aliphatic heterocycles. The number of fused-ring (bicyclic) bond motifs is 1. The smallest absolute Gasteiger partial charge is 0.252 e. The first-order valence-corrected chi connectivity index (χ1v) is 8.91. The Labute approximate surface area is 151 Å². The van der Waals surface area contributed by atoms with E-state index in [4.69, 9.17) is 9.47 Å². The Bertz CT molecular complexity index is 756. The number of benzene rings is 1. The molecule has 3 aliphatic rings. The van der Waals surface area contributed by atoms with Crippen LogP contribution in [0.1, 0.15) is 26.2 Å². The first-order chi connectivity index (χ1) is 12.6. The molecule has 138 valence electrons. The molecule has 2 N–H and O–H groups in total. The van der Waals surface area contributed by atoms with E-state index in [1.54, 1.807) is 18.2 Å². The van der Waals surface area contributed by atoms with Gasteiger partial charge < -0.3 is 19.7 Å². The van der Waals surface area contributed by atoms with Gasteiger partial charge in [0.25, 0.3) is 5.91 Å². The fraction of sp³-hybridized carbons (Fsp3) is 0.500. The highest BCUT2D eigenvalue weighted by molar-refractivity contribution is 6.07. The van der Waals surface area contributed by atoms with Crippen molar-refractivity contribution in [2.45, 2.75) is 32.2 Å². The Morgan fingerprint density at radius 1 is 1.31 bits per heavy atom. The van der Waals surface area contributed by atoms with Gasteiger partial charge in [-0.3, -0.25) is 14.9 Å². The Morgan fingerprint density at radius 3 is 2.88 bits per heavy atom. The van der Waals surface area contributed by atoms with Crippen LogP contribution in [-0.4, -0.2) is 48.6 Å². The molecule has 8 heteroatoms. The van der Waals surface area contributed by atoms with Gasteiger partial charge in [0.05, 0.1) is 6.42 Å². The highest BCUT2D eigenvalue weighted by Gasteiger charge is 2.32. The molecule has 2 amide bonds. The molecule has 0 aromatic heterocycles. The van der Waals surface area contributed by atoms with Crippen molar-refractivity contribution < 1.29 is 19.1 Å². The number of piperidine rings is 1. The molecule has 4 rings (SSSR count). The van der Waals surface area contributed by atoms with Crippen molar-refractivity contribution in [3.8, 4) is 11.5 Å². The number of anilines is 1. The second-order valence-corrected chi connectivity index (χ2v) is 6.95. The quantitative estimate of drug-likeness (QED) is 0.850. The predicted octanol–water partition coefficient (Wildman–Crippen LogP) is 1.33. The third kappa shape index (κ3) is 3.44. The maximum absolute atomic E-state index is 12.3. The van der Waals surface area contributed by atoms with E-state index in [1.807, 2.05) is 0 Å². The average molecular weight is 358 g/mol. The number of amides is 2. The van der Waals surface area contributed by atoms with Crippen LogP contribution in [0.15, 0.2) is 23.2 Å². The van der Waals surface area contributed by atoms with Crippen LogP contribution in [0.3, 0.4) is 0 Å². The average Bonchev–Trinajstić information content (AvgIpc) is 3.22. The standard InChI is InChI=1S/C18H22N4O4/c1-11-4-6-22(7-5-11)18-20-13(17(24)21-18)9-16(23)19-12-2-3-14-15(8-12)26-10-25-14/h2-3,8,11,13H,4-7,9-10H2,1H3,(H,19,23)(H,20,21,24). The van der Waals surface area contributed by atoms with E-state index in [9.17, 15) is 9.59 Å². The molecule has 0 bridgehead atoms. The fourth-order valence-electron chi connectivity index (χ4n) is 3.31. The van der Waals surface area contributed by atoms with Gasteiger partial charge in [-0.1, -0.05) is 6.92 Å². The first kappa shape index (κ1) is 16.7. The van der Waals surface area contributed by atoms with Crippen molar-refractivity contribution in [3.05, 3.63) is 18.2 Å². The fourth-order valence-corrected chi connectivity index (χ4v) is 3.31. The van der Waals surface area contributed by atoms with E-state index in [-0.39, 0.29) is 25.0 Å². The normalized spacial score (nSPS) is 22.2. The summed E-state index contributed by atoms with van der Waals surface area (Å²) in [5.41, 5.74) is 0.604. The lowest BCUT2D eigenvalue weighted by molar-refractivity contribution is -0.124. The number of likely N-dealkylation sites (tertiary alicyclic amines) is 1. The van der Waals surface area contributed by atoms with Crippen molar-refractivity contribution in [1.29, 1.82) is 0 Å². The van der Waals surface area contributed by atoms with Crippen LogP contribution < -0.4 is 20.1 Å². The highest BCUT2D eigenvalue weighted by atomic mass is 16.7. The lowest BCUT2D eigenvalue weighted by Gasteiger charge is -2.31. The van der Waals surface area contributed by atoms with E-state index < -0.39 is 6.04 Å². The van der Waals surface area contributed by atoms with Gasteiger partial charge in [-0.05, 0) is 30.9 Å². The van der Waals surface area contributed by atoms with Gasteiger partial charge >= 0.3 is 0 Å². The Morgan fingerprint density at radius 2 is 2.08 bits per heavy atom. The van der Waals surface area contributed by atoms with E-state index in [1.165, 1.54) is 0 Å². The number of ether oxygens (including phenoxy) is 2. The summed E-state index contributed by atoms with van der Waals surface area (Å²) in [6.07, 6.45) is 2.18. The molecule has 0 radical (unpaired) electrons. The Kier molecular flexibility index (Phi) is 4.40. The Hall–Kier alpha value is -2.77. The monoisotopic (exact) mass is 358 g/mol. The summed E-state index contributed by atoms with van der Waals surface area (Å²) in [5, 5.41) is 5.59. The second kappa shape index (κ2) is 6.86. The van der Waals surface area contributed by atoms with E-state index >= 15 is 0 Å². The van der Waals surface area contributed by atoms with Gasteiger partial charge in [0.15, 0.2) is 11.5 Å². The molecule has 0 aliphatic carbocycles. The van der Waals surface area contributed by atoms with Crippen molar-refractivity contribution >= 4 is 23.5 Å². The minimum absolute atomic E-state index is 0.00795. The van der Waals surface area contributed by atoms with E-state index in [2.05, 4.69) is 27.4 Å². The molecular weight excluding hydrogens is 336 g/mol. The summed E-state index contributed by atoms with van der Waals surface area (Å²) < 4.78 is 10.5. The molecule has 0 saturated carbocycles. The predicted molar refractivity (Wildman–Crippen MR) is 95.1 cm³/mol. The molecule has 1 saturated heterocycles. The molecule has 1 aromatic carbocycles. The third-order valence-corrected chi connectivity index (χ3v) is 4.93. The van der Waals surface area contributed by atoms with Crippen LogP contribution in [0.5, 0.6) is 11.5 Å². The summed E-state index contributed by atoms with van der Waals surface area (Å²) in [6.45, 7) is 4.18. The lowest BCUT2D eigenvalue weighted by atomic mass is 10.00. The SMILES string of the molecule is CC1CCN(C2=NC(CC(=O)Nc3ccc4c(c3)OCO4)C(=O)N2)CC1. The van der Waals surface area contributed by atoms with Gasteiger partial charge in [0.1, 0.15) is 6.04 Å². The van der Waals surface area contributed by atoms with E-state index in [0.717, 1.165) is 25.9 Å². The van der Waals surface area contributed by atoms with Gasteiger partial charge in [-0.25, -0.2) is 4.99 Å². The van der Waals surface area contributed by atoms with Crippen LogP contribution in [0.25, 0.3) is 0 Å². The number of carbonyl (C=O) groups excluding carboxylic acids is 2. The van der Waals surface area contributed by atoms with Crippen molar-refractivity contribution in [2.75, 3.05) is 25.2 Å². The first-order valence-electron chi connectivity index (χ1n) is 8.91. The molecule has 3 heterocycles. The number of carbonyl (C=O) groups is 2. The molecular formula is C18H22N4O4. The summed E-state index contributed by atoms with van der Waals surface area (Å²) >= 11 is 0. The minimum Gasteiger partial charge on any atom is -0.454 e. The number of aliphatic imine (C=N–C) groups is 1. The second-order valence-electron chi connectivity index (χ2n) is 6.95. The summed E-state index contributed by atoms with van der Waals surface area (Å²) in [4.78, 5) is 31.0. The Balaban J connectivity index is 1.35. The largest absolute Gasteiger partial charge is 0.454 e. The highest BCUT2D eigenvalue weighted by Crippen LogP contribution is 2.34. The van der Waals surface area contributed by atoms with Gasteiger partial charge in [0, 0.05) is 24.8 Å². The number of nitrogens with one attached hydrogen (secondary N) is 2. The molecule has 1 aromatic rings. The maximum Gasteiger partial charge on any atom is 0.252 e. The molecule has 1 fully saturated rings. The number of hydrogen-bond acceptors (Lipinski definition) is 6. The zero-order valence-corrected chi connectivity index (χ0v) is 14.7. The van der Waals surface area contributed by atoms with Gasteiger partial charge in [0.2, 0.25) is 18.7 Å². The lowest BCUT2D eigenvalue weighted by Crippen LogP contribution is -2.44. The number of guanidine groups is 1. The molecule has 0 spiro atoms. The minimum atomic E-state index is -0.682. The topological polar surface area (TPSA) is 92.3 Å². The van der Waals surface area contributed by atoms with Gasteiger partial charge in [-0.15, -0.1) is 0 Å². The number of rotatable bonds is 3. The zero-order chi connectivity index (χ0) is 18.1. The summed E-state index contributed by atoms with van der Waals surface area (Å²) in [5.74, 6) is 2.07. The van der Waals surface area contributed by atoms with Crippen LogP contribution in [0.4, 0.5) is 5.69 Å². The molecule has 26 heavy (non-hydrogen) atoms. The molecule has 8 nitrogen and oxygen atoms in total. The zero-order valence-electron chi connectivity index (χ0n) is 14.7. The number of hydrogen-bond donors (Lipinski definition) is 2. The van der Waals surface area contributed by atoms with Crippen LogP contribution in [-0.2, 0) is 9.59 Å². The molecule has 1 unspecified atom stereocenters. The van der Waals surface area contributed by atoms with Crippen LogP contribution in [0.2, 0.25) is 0 Å². The maximum atomic E-state index is 12.3. The van der Waals surface area contributed by atoms with E-state index in [0.29, 0.717) is 29.1 Å². The van der Waals surface area contributed by atoms with Crippen LogP contribution >= 0.6 is 0 Å². The molecule has 1 atom stereocenters. The number of nitrogens with zero attached hydrogens (tertiary/aromatic N) is 2. The summed E-state index contributed by atoms with van der Waals surface area (Å²) in [7, 11) is 0. The van der Waals surface area contributed by atoms with Gasteiger partial charge in [-0.2, -0.15) is 0 Å². The van der Waals surface area contributed by atoms with Crippen molar-refractivity contribution in [3.63, 3.8) is 0 Å². The summed E-state index contributed by atoms with van der Waals surface area (Å²) in [6, 6.07) is 4.51. The van der Waals surface area contributed by atoms with Crippen LogP contribution in [0, 0.1) is 5.92 Å². The van der Waals surface area contributed by atoms with Crippen molar-refractivity contribution in [1.82, 2.24) is 10.2 Å². The third-order valence-electron chi connectivity index (χ3n) is 4.93. The van der Waals surface area contributed by atoms with Crippen molar-refractivity contribution in [2.24, 2.45) is 10.9 Å².